The molecular weight excluding hydrogens is 276 g/mol. The molecule has 0 radical (unpaired) electrons. The van der Waals surface area contributed by atoms with Crippen LogP contribution in [0.1, 0.15) is 36.0 Å². The van der Waals surface area contributed by atoms with E-state index in [1.165, 1.54) is 5.56 Å². The van der Waals surface area contributed by atoms with Gasteiger partial charge in [0.05, 0.1) is 5.52 Å². The van der Waals surface area contributed by atoms with Crippen LogP contribution in [0.15, 0.2) is 23.0 Å². The molecule has 0 atom stereocenters. The Morgan fingerprint density at radius 3 is 2.64 bits per heavy atom. The van der Waals surface area contributed by atoms with E-state index in [2.05, 4.69) is 17.1 Å². The molecule has 0 saturated carbocycles. The molecule has 1 fully saturated rings. The van der Waals surface area contributed by atoms with Gasteiger partial charge in [-0.2, -0.15) is 0 Å². The first-order chi connectivity index (χ1) is 10.5. The number of H-pyrrole nitrogens is 1. The molecular formula is C18H22N2O2. The maximum Gasteiger partial charge on any atom is 0.251 e. The summed E-state index contributed by atoms with van der Waals surface area (Å²) in [6.45, 7) is 5.78. The summed E-state index contributed by atoms with van der Waals surface area (Å²) in [7, 11) is 0. The molecule has 0 aliphatic carbocycles. The molecule has 2 heterocycles. The van der Waals surface area contributed by atoms with Crippen LogP contribution in [0.2, 0.25) is 0 Å². The predicted octanol–water partition coefficient (Wildman–Crippen LogP) is 2.70. The van der Waals surface area contributed by atoms with Gasteiger partial charge in [0.15, 0.2) is 0 Å². The Morgan fingerprint density at radius 1 is 1.18 bits per heavy atom. The SMILES string of the molecule is Cc1cc(C)c2[nH]c(=O)c(CCC(=O)N3CCCC3)cc2c1. The summed E-state index contributed by atoms with van der Waals surface area (Å²) in [5.74, 6) is 0.164. The smallest absolute Gasteiger partial charge is 0.251 e. The first-order valence-electron chi connectivity index (χ1n) is 7.95. The quantitative estimate of drug-likeness (QED) is 0.947. The normalized spacial score (nSPS) is 14.7. The van der Waals surface area contributed by atoms with E-state index in [1.54, 1.807) is 0 Å². The van der Waals surface area contributed by atoms with Gasteiger partial charge in [-0.25, -0.2) is 0 Å². The fourth-order valence-electron chi connectivity index (χ4n) is 3.28. The third-order valence-electron chi connectivity index (χ3n) is 4.44. The van der Waals surface area contributed by atoms with Crippen molar-refractivity contribution in [1.29, 1.82) is 0 Å². The van der Waals surface area contributed by atoms with Crippen molar-refractivity contribution in [2.75, 3.05) is 13.1 Å². The highest BCUT2D eigenvalue weighted by Gasteiger charge is 2.18. The Bertz CT molecular complexity index is 770. The number of rotatable bonds is 3. The highest BCUT2D eigenvalue weighted by molar-refractivity contribution is 5.83. The summed E-state index contributed by atoms with van der Waals surface area (Å²) in [5, 5.41) is 1.04. The number of benzene rings is 1. The molecule has 1 amide bonds. The highest BCUT2D eigenvalue weighted by Crippen LogP contribution is 2.18. The van der Waals surface area contributed by atoms with Crippen molar-refractivity contribution in [3.05, 3.63) is 45.2 Å². The van der Waals surface area contributed by atoms with E-state index >= 15 is 0 Å². The number of aryl methyl sites for hydroxylation is 3. The van der Waals surface area contributed by atoms with Crippen LogP contribution in [0.4, 0.5) is 0 Å². The molecule has 4 heteroatoms. The Hall–Kier alpha value is -2.10. The van der Waals surface area contributed by atoms with Gasteiger partial charge in [0.1, 0.15) is 0 Å². The molecule has 1 saturated heterocycles. The fraction of sp³-hybridized carbons (Fsp3) is 0.444. The van der Waals surface area contributed by atoms with E-state index in [-0.39, 0.29) is 11.5 Å². The minimum atomic E-state index is -0.0753. The van der Waals surface area contributed by atoms with Crippen molar-refractivity contribution in [2.24, 2.45) is 0 Å². The average Bonchev–Trinajstić information content (AvgIpc) is 3.00. The Labute approximate surface area is 130 Å². The maximum atomic E-state index is 12.2. The number of carbonyl (C=O) groups excluding carboxylic acids is 1. The van der Waals surface area contributed by atoms with E-state index in [1.807, 2.05) is 24.8 Å². The van der Waals surface area contributed by atoms with E-state index < -0.39 is 0 Å². The molecule has 4 nitrogen and oxygen atoms in total. The van der Waals surface area contributed by atoms with Gasteiger partial charge >= 0.3 is 0 Å². The standard InChI is InChI=1S/C18H22N2O2/c1-12-9-13(2)17-15(10-12)11-14(18(22)19-17)5-6-16(21)20-7-3-4-8-20/h9-11H,3-8H2,1-2H3,(H,19,22). The monoisotopic (exact) mass is 298 g/mol. The predicted molar refractivity (Wildman–Crippen MR) is 88.2 cm³/mol. The van der Waals surface area contributed by atoms with Crippen molar-refractivity contribution in [3.63, 3.8) is 0 Å². The summed E-state index contributed by atoms with van der Waals surface area (Å²) in [6.07, 6.45) is 3.12. The first-order valence-corrected chi connectivity index (χ1v) is 7.95. The van der Waals surface area contributed by atoms with Gasteiger partial charge in [0.25, 0.3) is 5.56 Å². The van der Waals surface area contributed by atoms with Crippen LogP contribution in [0.25, 0.3) is 10.9 Å². The number of hydrogen-bond donors (Lipinski definition) is 1. The van der Waals surface area contributed by atoms with Crippen molar-refractivity contribution in [3.8, 4) is 0 Å². The number of amides is 1. The molecule has 0 unspecified atom stereocenters. The Balaban J connectivity index is 1.83. The zero-order valence-electron chi connectivity index (χ0n) is 13.2. The van der Waals surface area contributed by atoms with E-state index in [4.69, 9.17) is 0 Å². The van der Waals surface area contributed by atoms with Gasteiger partial charge in [-0.1, -0.05) is 11.6 Å². The van der Waals surface area contributed by atoms with Gasteiger partial charge in [0, 0.05) is 25.1 Å². The topological polar surface area (TPSA) is 53.2 Å². The molecule has 1 aliphatic heterocycles. The Kier molecular flexibility index (Phi) is 4.01. The number of likely N-dealkylation sites (tertiary alicyclic amines) is 1. The van der Waals surface area contributed by atoms with Crippen LogP contribution in [0.3, 0.4) is 0 Å². The summed E-state index contributed by atoms with van der Waals surface area (Å²) >= 11 is 0. The molecule has 1 N–H and O–H groups in total. The molecule has 1 aromatic heterocycles. The van der Waals surface area contributed by atoms with Gasteiger partial charge in [-0.3, -0.25) is 9.59 Å². The van der Waals surface area contributed by atoms with E-state index in [0.29, 0.717) is 18.4 Å². The third kappa shape index (κ3) is 2.91. The summed E-state index contributed by atoms with van der Waals surface area (Å²) in [5.41, 5.74) is 3.77. The molecule has 0 bridgehead atoms. The molecule has 2 aromatic rings. The molecule has 1 aliphatic rings. The molecule has 116 valence electrons. The van der Waals surface area contributed by atoms with Crippen molar-refractivity contribution >= 4 is 16.8 Å². The van der Waals surface area contributed by atoms with E-state index in [0.717, 1.165) is 42.4 Å². The first kappa shape index (κ1) is 14.8. The number of hydrogen-bond acceptors (Lipinski definition) is 2. The van der Waals surface area contributed by atoms with Crippen LogP contribution < -0.4 is 5.56 Å². The second kappa shape index (κ2) is 5.95. The molecule has 3 rings (SSSR count). The van der Waals surface area contributed by atoms with Gasteiger partial charge < -0.3 is 9.88 Å². The van der Waals surface area contributed by atoms with Crippen LogP contribution in [0.5, 0.6) is 0 Å². The number of aromatic amines is 1. The summed E-state index contributed by atoms with van der Waals surface area (Å²) in [6, 6.07) is 6.07. The van der Waals surface area contributed by atoms with Crippen LogP contribution in [-0.4, -0.2) is 28.9 Å². The summed E-state index contributed by atoms with van der Waals surface area (Å²) in [4.78, 5) is 29.2. The average molecular weight is 298 g/mol. The van der Waals surface area contributed by atoms with Crippen LogP contribution in [0, 0.1) is 13.8 Å². The fourth-order valence-corrected chi connectivity index (χ4v) is 3.28. The van der Waals surface area contributed by atoms with Crippen molar-refractivity contribution in [1.82, 2.24) is 9.88 Å². The number of aromatic nitrogens is 1. The Morgan fingerprint density at radius 2 is 1.91 bits per heavy atom. The molecule has 1 aromatic carbocycles. The zero-order valence-corrected chi connectivity index (χ0v) is 13.2. The lowest BCUT2D eigenvalue weighted by Gasteiger charge is -2.15. The molecule has 0 spiro atoms. The third-order valence-corrected chi connectivity index (χ3v) is 4.44. The summed E-state index contributed by atoms with van der Waals surface area (Å²) < 4.78 is 0. The van der Waals surface area contributed by atoms with E-state index in [9.17, 15) is 9.59 Å². The number of nitrogens with one attached hydrogen (secondary N) is 1. The van der Waals surface area contributed by atoms with Gasteiger partial charge in [0.2, 0.25) is 5.91 Å². The minimum absolute atomic E-state index is 0.0753. The lowest BCUT2D eigenvalue weighted by atomic mass is 10.0. The lowest BCUT2D eigenvalue weighted by Crippen LogP contribution is -2.28. The lowest BCUT2D eigenvalue weighted by molar-refractivity contribution is -0.130. The van der Waals surface area contributed by atoms with Crippen molar-refractivity contribution in [2.45, 2.75) is 39.5 Å². The molecule has 22 heavy (non-hydrogen) atoms. The minimum Gasteiger partial charge on any atom is -0.343 e. The highest BCUT2D eigenvalue weighted by atomic mass is 16.2. The van der Waals surface area contributed by atoms with Gasteiger partial charge in [-0.05, 0) is 56.2 Å². The van der Waals surface area contributed by atoms with Gasteiger partial charge in [-0.15, -0.1) is 0 Å². The largest absolute Gasteiger partial charge is 0.343 e. The zero-order chi connectivity index (χ0) is 15.7. The maximum absolute atomic E-state index is 12.2. The number of fused-ring (bicyclic) bond motifs is 1. The second-order valence-electron chi connectivity index (χ2n) is 6.26. The number of pyridine rings is 1. The number of carbonyl (C=O) groups is 1. The number of nitrogens with zero attached hydrogens (tertiary/aromatic N) is 1. The van der Waals surface area contributed by atoms with Crippen LogP contribution in [-0.2, 0) is 11.2 Å². The van der Waals surface area contributed by atoms with Crippen molar-refractivity contribution < 1.29 is 4.79 Å². The van der Waals surface area contributed by atoms with Crippen LogP contribution >= 0.6 is 0 Å². The second-order valence-corrected chi connectivity index (χ2v) is 6.26.